The van der Waals surface area contributed by atoms with Crippen LogP contribution in [0.5, 0.6) is 0 Å². The maximum Gasteiger partial charge on any atom is 0.207 e. The van der Waals surface area contributed by atoms with E-state index in [1.54, 1.807) is 0 Å². The van der Waals surface area contributed by atoms with E-state index >= 15 is 0 Å². The molecule has 0 aliphatic heterocycles. The minimum atomic E-state index is 0.0146. The first-order valence-corrected chi connectivity index (χ1v) is 10.5. The Labute approximate surface area is 169 Å². The summed E-state index contributed by atoms with van der Waals surface area (Å²) in [5.74, 6) is 0.639. The largest absolute Gasteiger partial charge is 0.455 e. The van der Waals surface area contributed by atoms with E-state index in [9.17, 15) is 4.79 Å². The lowest BCUT2D eigenvalue weighted by atomic mass is 10.0. The van der Waals surface area contributed by atoms with Gasteiger partial charge >= 0.3 is 0 Å². The van der Waals surface area contributed by atoms with Crippen molar-refractivity contribution in [2.45, 2.75) is 36.0 Å². The van der Waals surface area contributed by atoms with Gasteiger partial charge in [-0.2, -0.15) is 0 Å². The molecule has 0 N–H and O–H groups in total. The molecule has 0 saturated heterocycles. The number of hydrogen-bond donors (Lipinski definition) is 0. The van der Waals surface area contributed by atoms with Crippen LogP contribution in [0.15, 0.2) is 97.9 Å². The fourth-order valence-electron chi connectivity index (χ4n) is 3.22. The highest BCUT2D eigenvalue weighted by atomic mass is 32.2. The highest BCUT2D eigenvalue weighted by molar-refractivity contribution is 7.99. The lowest BCUT2D eigenvalue weighted by Crippen LogP contribution is -2.06. The van der Waals surface area contributed by atoms with Gasteiger partial charge in [-0.05, 0) is 42.7 Å². The monoisotopic (exact) mass is 386 g/mol. The van der Waals surface area contributed by atoms with Crippen molar-refractivity contribution in [2.75, 3.05) is 0 Å². The molecule has 140 valence electrons. The van der Waals surface area contributed by atoms with E-state index in [1.807, 2.05) is 54.6 Å². The summed E-state index contributed by atoms with van der Waals surface area (Å²) >= 11 is 1.46. The Bertz CT molecular complexity index is 1130. The summed E-state index contributed by atoms with van der Waals surface area (Å²) in [5.41, 5.74) is 2.88. The minimum absolute atomic E-state index is 0.0146. The van der Waals surface area contributed by atoms with E-state index in [2.05, 4.69) is 31.2 Å². The number of unbranched alkanes of at least 4 members (excludes halogenated alkanes) is 1. The second-order valence-corrected chi connectivity index (χ2v) is 7.88. The van der Waals surface area contributed by atoms with Crippen LogP contribution < -0.4 is 5.43 Å². The summed E-state index contributed by atoms with van der Waals surface area (Å²) in [5, 5.41) is 0.615. The average Bonchev–Trinajstić information content (AvgIpc) is 2.75. The van der Waals surface area contributed by atoms with Crippen LogP contribution in [0, 0.1) is 0 Å². The summed E-state index contributed by atoms with van der Waals surface area (Å²) < 4.78 is 6.23. The molecule has 3 heteroatoms. The Morgan fingerprint density at radius 1 is 0.857 bits per heavy atom. The molecule has 0 unspecified atom stereocenters. The lowest BCUT2D eigenvalue weighted by molar-refractivity contribution is 0.605. The molecular weight excluding hydrogens is 364 g/mol. The molecule has 0 amide bonds. The minimum Gasteiger partial charge on any atom is -0.455 e. The molecule has 28 heavy (non-hydrogen) atoms. The predicted octanol–water partition coefficient (Wildman–Crippen LogP) is 6.95. The maximum atomic E-state index is 13.3. The average molecular weight is 387 g/mol. The van der Waals surface area contributed by atoms with Crippen LogP contribution in [-0.2, 0) is 6.42 Å². The molecule has 1 aromatic heterocycles. The van der Waals surface area contributed by atoms with Crippen LogP contribution in [-0.4, -0.2) is 0 Å². The van der Waals surface area contributed by atoms with Crippen LogP contribution in [0.4, 0.5) is 0 Å². The van der Waals surface area contributed by atoms with E-state index in [0.717, 1.165) is 16.9 Å². The lowest BCUT2D eigenvalue weighted by Gasteiger charge is -2.11. The van der Waals surface area contributed by atoms with E-state index < -0.39 is 0 Å². The molecule has 3 aromatic carbocycles. The van der Waals surface area contributed by atoms with Crippen LogP contribution >= 0.6 is 11.8 Å². The Morgan fingerprint density at radius 3 is 2.32 bits per heavy atom. The molecule has 0 spiro atoms. The van der Waals surface area contributed by atoms with Gasteiger partial charge in [-0.1, -0.05) is 79.7 Å². The highest BCUT2D eigenvalue weighted by Gasteiger charge is 2.17. The van der Waals surface area contributed by atoms with E-state index in [-0.39, 0.29) is 5.43 Å². The molecule has 0 radical (unpaired) electrons. The van der Waals surface area contributed by atoms with E-state index in [1.165, 1.54) is 30.2 Å². The van der Waals surface area contributed by atoms with Crippen molar-refractivity contribution >= 4 is 22.7 Å². The number of aryl methyl sites for hydroxylation is 1. The van der Waals surface area contributed by atoms with Crippen molar-refractivity contribution in [1.29, 1.82) is 0 Å². The second-order valence-electron chi connectivity index (χ2n) is 6.80. The SMILES string of the molecule is CCCCc1ccc(-c2oc3ccccc3c(=O)c2Sc2ccccc2)cc1. The first kappa shape index (κ1) is 18.6. The summed E-state index contributed by atoms with van der Waals surface area (Å²) in [6.45, 7) is 2.20. The molecule has 0 fully saturated rings. The summed E-state index contributed by atoms with van der Waals surface area (Å²) in [6, 6.07) is 25.8. The van der Waals surface area contributed by atoms with Crippen molar-refractivity contribution in [3.05, 3.63) is 94.6 Å². The van der Waals surface area contributed by atoms with Gasteiger partial charge in [0, 0.05) is 10.5 Å². The smallest absolute Gasteiger partial charge is 0.207 e. The van der Waals surface area contributed by atoms with Gasteiger partial charge in [0.2, 0.25) is 5.43 Å². The van der Waals surface area contributed by atoms with Gasteiger partial charge in [-0.15, -0.1) is 0 Å². The maximum absolute atomic E-state index is 13.3. The van der Waals surface area contributed by atoms with Crippen LogP contribution in [0.1, 0.15) is 25.3 Å². The normalized spacial score (nSPS) is 11.0. The highest BCUT2D eigenvalue weighted by Crippen LogP contribution is 2.36. The molecule has 0 atom stereocenters. The topological polar surface area (TPSA) is 30.2 Å². The Balaban J connectivity index is 1.83. The Morgan fingerprint density at radius 2 is 1.57 bits per heavy atom. The zero-order valence-electron chi connectivity index (χ0n) is 15.9. The molecule has 4 rings (SSSR count). The molecule has 2 nitrogen and oxygen atoms in total. The van der Waals surface area contributed by atoms with E-state index in [0.29, 0.717) is 21.6 Å². The van der Waals surface area contributed by atoms with Gasteiger partial charge in [-0.3, -0.25) is 4.79 Å². The standard InChI is InChI=1S/C25H22O2S/c1-2-3-9-18-14-16-19(17-15-18)24-25(28-20-10-5-4-6-11-20)23(26)21-12-7-8-13-22(21)27-24/h4-8,10-17H,2-3,9H2,1H3. The fourth-order valence-corrected chi connectivity index (χ4v) is 4.20. The van der Waals surface area contributed by atoms with Gasteiger partial charge in [0.25, 0.3) is 0 Å². The zero-order valence-corrected chi connectivity index (χ0v) is 16.7. The number of hydrogen-bond acceptors (Lipinski definition) is 3. The van der Waals surface area contributed by atoms with Gasteiger partial charge in [-0.25, -0.2) is 0 Å². The van der Waals surface area contributed by atoms with Crippen molar-refractivity contribution in [2.24, 2.45) is 0 Å². The quantitative estimate of drug-likeness (QED) is 0.359. The van der Waals surface area contributed by atoms with Gasteiger partial charge in [0.1, 0.15) is 10.5 Å². The third-order valence-electron chi connectivity index (χ3n) is 4.75. The summed E-state index contributed by atoms with van der Waals surface area (Å²) in [6.07, 6.45) is 3.43. The fraction of sp³-hybridized carbons (Fsp3) is 0.160. The van der Waals surface area contributed by atoms with Gasteiger partial charge < -0.3 is 4.42 Å². The molecule has 0 aliphatic carbocycles. The summed E-state index contributed by atoms with van der Waals surface area (Å²) in [4.78, 5) is 14.9. The third kappa shape index (κ3) is 3.90. The van der Waals surface area contributed by atoms with Gasteiger partial charge in [0.15, 0.2) is 5.76 Å². The molecule has 0 aliphatic rings. The number of rotatable bonds is 6. The molecular formula is C25H22O2S. The predicted molar refractivity (Wildman–Crippen MR) is 117 cm³/mol. The number of para-hydroxylation sites is 1. The third-order valence-corrected chi connectivity index (χ3v) is 5.84. The number of fused-ring (bicyclic) bond motifs is 1. The number of benzene rings is 3. The molecule has 0 saturated carbocycles. The Hall–Kier alpha value is -2.78. The van der Waals surface area contributed by atoms with E-state index in [4.69, 9.17) is 4.42 Å². The van der Waals surface area contributed by atoms with Crippen LogP contribution in [0.25, 0.3) is 22.3 Å². The summed E-state index contributed by atoms with van der Waals surface area (Å²) in [7, 11) is 0. The van der Waals surface area contributed by atoms with Crippen molar-refractivity contribution < 1.29 is 4.42 Å². The molecule has 0 bridgehead atoms. The Kier molecular flexibility index (Phi) is 5.63. The first-order valence-electron chi connectivity index (χ1n) is 9.64. The van der Waals surface area contributed by atoms with Gasteiger partial charge in [0.05, 0.1) is 5.39 Å². The van der Waals surface area contributed by atoms with Crippen molar-refractivity contribution in [3.8, 4) is 11.3 Å². The van der Waals surface area contributed by atoms with Crippen molar-refractivity contribution in [3.63, 3.8) is 0 Å². The van der Waals surface area contributed by atoms with Crippen LogP contribution in [0.3, 0.4) is 0 Å². The van der Waals surface area contributed by atoms with Crippen LogP contribution in [0.2, 0.25) is 0 Å². The first-order chi connectivity index (χ1) is 13.8. The molecule has 4 aromatic rings. The van der Waals surface area contributed by atoms with Crippen molar-refractivity contribution in [1.82, 2.24) is 0 Å². The second kappa shape index (κ2) is 8.49. The zero-order chi connectivity index (χ0) is 19.3. The molecule has 1 heterocycles.